The van der Waals surface area contributed by atoms with Gasteiger partial charge in [-0.2, -0.15) is 0 Å². The molecule has 0 bridgehead atoms. The summed E-state index contributed by atoms with van der Waals surface area (Å²) in [5.41, 5.74) is 3.43. The average Bonchev–Trinajstić information content (AvgIpc) is 2.99. The fourth-order valence-electron chi connectivity index (χ4n) is 3.48. The largest absolute Gasteiger partial charge is 0.350 e. The lowest BCUT2D eigenvalue weighted by Crippen LogP contribution is -2.40. The Morgan fingerprint density at radius 3 is 3.19 bits per heavy atom. The molecule has 0 radical (unpaired) electrons. The Kier molecular flexibility index (Phi) is 4.56. The number of rotatable bonds is 4. The summed E-state index contributed by atoms with van der Waals surface area (Å²) in [7, 11) is 0. The molecule has 21 heavy (non-hydrogen) atoms. The van der Waals surface area contributed by atoms with Crippen LogP contribution in [-0.2, 0) is 13.0 Å². The highest BCUT2D eigenvalue weighted by Gasteiger charge is 2.23. The number of likely N-dealkylation sites (N-methyl/N-ethyl adjacent to an activating group) is 1. The Labute approximate surface area is 126 Å². The van der Waals surface area contributed by atoms with Crippen molar-refractivity contribution >= 4 is 5.91 Å². The van der Waals surface area contributed by atoms with Crippen LogP contribution in [-0.4, -0.2) is 43.0 Å². The van der Waals surface area contributed by atoms with Crippen molar-refractivity contribution in [3.8, 4) is 0 Å². The van der Waals surface area contributed by atoms with Gasteiger partial charge < -0.3 is 10.6 Å². The average molecular weight is 287 g/mol. The second-order valence-corrected chi connectivity index (χ2v) is 6.04. The summed E-state index contributed by atoms with van der Waals surface area (Å²) in [6.45, 7) is 7.11. The number of amides is 1. The van der Waals surface area contributed by atoms with Crippen LogP contribution in [0.25, 0.3) is 0 Å². The molecule has 1 aromatic rings. The molecule has 1 aromatic carbocycles. The molecule has 2 N–H and O–H groups in total. The van der Waals surface area contributed by atoms with Crippen LogP contribution in [0.5, 0.6) is 0 Å². The molecule has 114 valence electrons. The Hall–Kier alpha value is -1.39. The topological polar surface area (TPSA) is 44.4 Å². The van der Waals surface area contributed by atoms with Gasteiger partial charge in [-0.1, -0.05) is 13.0 Å². The predicted molar refractivity (Wildman–Crippen MR) is 84.5 cm³/mol. The smallest absolute Gasteiger partial charge is 0.251 e. The van der Waals surface area contributed by atoms with E-state index >= 15 is 0 Å². The number of fused-ring (bicyclic) bond motifs is 1. The minimum absolute atomic E-state index is 0.0614. The molecule has 0 spiro atoms. The van der Waals surface area contributed by atoms with Crippen molar-refractivity contribution in [3.05, 3.63) is 34.9 Å². The van der Waals surface area contributed by atoms with E-state index in [-0.39, 0.29) is 5.91 Å². The molecule has 2 aliphatic rings. The zero-order valence-corrected chi connectivity index (χ0v) is 12.8. The molecule has 1 amide bonds. The van der Waals surface area contributed by atoms with Gasteiger partial charge in [0.15, 0.2) is 0 Å². The summed E-state index contributed by atoms with van der Waals surface area (Å²) in [5.74, 6) is 0.0614. The Morgan fingerprint density at radius 1 is 1.43 bits per heavy atom. The third-order valence-electron chi connectivity index (χ3n) is 4.76. The minimum atomic E-state index is 0.0614. The fourth-order valence-corrected chi connectivity index (χ4v) is 3.48. The van der Waals surface area contributed by atoms with Gasteiger partial charge >= 0.3 is 0 Å². The van der Waals surface area contributed by atoms with Crippen molar-refractivity contribution in [2.24, 2.45) is 0 Å². The monoisotopic (exact) mass is 287 g/mol. The second-order valence-electron chi connectivity index (χ2n) is 6.04. The van der Waals surface area contributed by atoms with Crippen molar-refractivity contribution in [3.63, 3.8) is 0 Å². The lowest BCUT2D eigenvalue weighted by molar-refractivity contribution is 0.0941. The van der Waals surface area contributed by atoms with E-state index in [1.807, 2.05) is 12.1 Å². The Bertz CT molecular complexity index is 515. The third kappa shape index (κ3) is 3.27. The van der Waals surface area contributed by atoms with Crippen LogP contribution in [0.1, 0.15) is 41.3 Å². The van der Waals surface area contributed by atoms with Gasteiger partial charge in [0.1, 0.15) is 0 Å². The molecule has 0 saturated carbocycles. The van der Waals surface area contributed by atoms with Crippen molar-refractivity contribution in [2.75, 3.05) is 26.2 Å². The standard InChI is InChI=1S/C17H25N3O/c1-2-20-9-3-4-16(20)12-19-17(21)14-6-5-13-7-8-18-11-15(13)10-14/h5-6,10,16,18H,2-4,7-9,11-12H2,1H3,(H,19,21). The van der Waals surface area contributed by atoms with E-state index < -0.39 is 0 Å². The first kappa shape index (κ1) is 14.5. The maximum Gasteiger partial charge on any atom is 0.251 e. The first-order valence-corrected chi connectivity index (χ1v) is 8.12. The molecule has 1 fully saturated rings. The lowest BCUT2D eigenvalue weighted by Gasteiger charge is -2.23. The van der Waals surface area contributed by atoms with Crippen molar-refractivity contribution in [2.45, 2.75) is 38.8 Å². The molecular formula is C17H25N3O. The van der Waals surface area contributed by atoms with E-state index in [9.17, 15) is 4.79 Å². The lowest BCUT2D eigenvalue weighted by atomic mass is 9.98. The number of likely N-dealkylation sites (tertiary alicyclic amines) is 1. The van der Waals surface area contributed by atoms with Gasteiger partial charge in [0.2, 0.25) is 0 Å². The molecule has 2 heterocycles. The van der Waals surface area contributed by atoms with Crippen molar-refractivity contribution < 1.29 is 4.79 Å². The Balaban J connectivity index is 1.60. The highest BCUT2D eigenvalue weighted by molar-refractivity contribution is 5.94. The van der Waals surface area contributed by atoms with E-state index in [1.54, 1.807) is 0 Å². The van der Waals surface area contributed by atoms with Gasteiger partial charge in [-0.25, -0.2) is 0 Å². The van der Waals surface area contributed by atoms with Crippen LogP contribution in [0.4, 0.5) is 0 Å². The molecule has 1 atom stereocenters. The summed E-state index contributed by atoms with van der Waals surface area (Å²) < 4.78 is 0. The number of carbonyl (C=O) groups is 1. The summed E-state index contributed by atoms with van der Waals surface area (Å²) in [4.78, 5) is 14.8. The zero-order chi connectivity index (χ0) is 14.7. The Morgan fingerprint density at radius 2 is 2.33 bits per heavy atom. The van der Waals surface area contributed by atoms with Crippen LogP contribution in [0.2, 0.25) is 0 Å². The van der Waals surface area contributed by atoms with Gasteiger partial charge in [-0.15, -0.1) is 0 Å². The van der Waals surface area contributed by atoms with E-state index in [1.165, 1.54) is 30.5 Å². The quantitative estimate of drug-likeness (QED) is 0.883. The number of hydrogen-bond donors (Lipinski definition) is 2. The predicted octanol–water partition coefficient (Wildman–Crippen LogP) is 1.55. The van der Waals surface area contributed by atoms with Gasteiger partial charge in [0, 0.05) is 24.7 Å². The number of carbonyl (C=O) groups excluding carboxylic acids is 1. The van der Waals surface area contributed by atoms with Crippen molar-refractivity contribution in [1.82, 2.24) is 15.5 Å². The van der Waals surface area contributed by atoms with E-state index in [2.05, 4.69) is 28.5 Å². The third-order valence-corrected chi connectivity index (χ3v) is 4.76. The van der Waals surface area contributed by atoms with E-state index in [0.717, 1.165) is 38.2 Å². The summed E-state index contributed by atoms with van der Waals surface area (Å²) in [5, 5.41) is 6.47. The first-order valence-electron chi connectivity index (χ1n) is 8.12. The molecule has 2 aliphatic heterocycles. The van der Waals surface area contributed by atoms with Crippen LogP contribution < -0.4 is 10.6 Å². The molecular weight excluding hydrogens is 262 g/mol. The molecule has 4 heteroatoms. The number of nitrogens with zero attached hydrogens (tertiary/aromatic N) is 1. The maximum atomic E-state index is 12.3. The molecule has 1 unspecified atom stereocenters. The number of nitrogens with one attached hydrogen (secondary N) is 2. The molecule has 4 nitrogen and oxygen atoms in total. The molecule has 0 aliphatic carbocycles. The van der Waals surface area contributed by atoms with Gasteiger partial charge in [0.05, 0.1) is 0 Å². The fraction of sp³-hybridized carbons (Fsp3) is 0.588. The van der Waals surface area contributed by atoms with E-state index in [0.29, 0.717) is 6.04 Å². The van der Waals surface area contributed by atoms with Crippen LogP contribution in [0.3, 0.4) is 0 Å². The number of hydrogen-bond acceptors (Lipinski definition) is 3. The molecule has 3 rings (SSSR count). The highest BCUT2D eigenvalue weighted by Crippen LogP contribution is 2.17. The summed E-state index contributed by atoms with van der Waals surface area (Å²) in [6.07, 6.45) is 3.51. The van der Waals surface area contributed by atoms with Crippen LogP contribution in [0, 0.1) is 0 Å². The zero-order valence-electron chi connectivity index (χ0n) is 12.8. The first-order chi connectivity index (χ1) is 10.3. The van der Waals surface area contributed by atoms with E-state index in [4.69, 9.17) is 0 Å². The normalized spacial score (nSPS) is 22.0. The summed E-state index contributed by atoms with van der Waals surface area (Å²) in [6, 6.07) is 6.63. The van der Waals surface area contributed by atoms with Crippen molar-refractivity contribution in [1.29, 1.82) is 0 Å². The highest BCUT2D eigenvalue weighted by atomic mass is 16.1. The molecule has 1 saturated heterocycles. The van der Waals surface area contributed by atoms with Crippen LogP contribution >= 0.6 is 0 Å². The molecule has 0 aromatic heterocycles. The maximum absolute atomic E-state index is 12.3. The van der Waals surface area contributed by atoms with Crippen LogP contribution in [0.15, 0.2) is 18.2 Å². The van der Waals surface area contributed by atoms with Gasteiger partial charge in [-0.3, -0.25) is 9.69 Å². The van der Waals surface area contributed by atoms with Gasteiger partial charge in [0.25, 0.3) is 5.91 Å². The SMILES string of the molecule is CCN1CCCC1CNC(=O)c1ccc2c(c1)CNCC2. The number of benzene rings is 1. The second kappa shape index (κ2) is 6.58. The summed E-state index contributed by atoms with van der Waals surface area (Å²) >= 11 is 0. The van der Waals surface area contributed by atoms with Gasteiger partial charge in [-0.05, 0) is 62.2 Å². The minimum Gasteiger partial charge on any atom is -0.350 e.